The number of esters is 2. The molecule has 0 aromatic heterocycles. The Morgan fingerprint density at radius 2 is 1.48 bits per heavy atom. The van der Waals surface area contributed by atoms with Gasteiger partial charge in [-0.15, -0.1) is 6.58 Å². The standard InChI is InChI=1S/C25H30O4/c1-5-18-25(7-3,29-24(27)21-16-12-9-13-17-21)22(6-2)19(4)28-23(26)20-14-10-8-11-15-20/h5,8-17,19,22H,1,6-7,18H2,2-4H3. The van der Waals surface area contributed by atoms with Gasteiger partial charge in [-0.1, -0.05) is 56.3 Å². The van der Waals surface area contributed by atoms with Gasteiger partial charge in [0.1, 0.15) is 11.7 Å². The molecule has 3 atom stereocenters. The lowest BCUT2D eigenvalue weighted by atomic mass is 9.77. The van der Waals surface area contributed by atoms with Crippen molar-refractivity contribution in [3.8, 4) is 0 Å². The average molecular weight is 395 g/mol. The first-order valence-electron chi connectivity index (χ1n) is 10.1. The van der Waals surface area contributed by atoms with E-state index >= 15 is 0 Å². The molecule has 0 heterocycles. The van der Waals surface area contributed by atoms with Gasteiger partial charge in [0, 0.05) is 12.3 Å². The fourth-order valence-corrected chi connectivity index (χ4v) is 3.83. The molecule has 0 saturated heterocycles. The largest absolute Gasteiger partial charge is 0.459 e. The van der Waals surface area contributed by atoms with Crippen LogP contribution in [0.5, 0.6) is 0 Å². The lowest BCUT2D eigenvalue weighted by Gasteiger charge is -2.41. The number of hydrogen-bond donors (Lipinski definition) is 0. The van der Waals surface area contributed by atoms with E-state index in [0.29, 0.717) is 30.4 Å². The van der Waals surface area contributed by atoms with Crippen LogP contribution >= 0.6 is 0 Å². The lowest BCUT2D eigenvalue weighted by Crippen LogP contribution is -2.47. The number of benzene rings is 2. The second-order valence-electron chi connectivity index (χ2n) is 7.16. The number of rotatable bonds is 10. The van der Waals surface area contributed by atoms with Gasteiger partial charge in [0.2, 0.25) is 0 Å². The van der Waals surface area contributed by atoms with Crippen LogP contribution in [0.3, 0.4) is 0 Å². The summed E-state index contributed by atoms with van der Waals surface area (Å²) in [7, 11) is 0. The summed E-state index contributed by atoms with van der Waals surface area (Å²) < 4.78 is 11.8. The van der Waals surface area contributed by atoms with Crippen LogP contribution in [0.2, 0.25) is 0 Å². The fraction of sp³-hybridized carbons (Fsp3) is 0.360. The Morgan fingerprint density at radius 1 is 0.966 bits per heavy atom. The average Bonchev–Trinajstić information content (AvgIpc) is 2.75. The fourth-order valence-electron chi connectivity index (χ4n) is 3.83. The van der Waals surface area contributed by atoms with Crippen molar-refractivity contribution in [1.82, 2.24) is 0 Å². The van der Waals surface area contributed by atoms with Crippen LogP contribution in [0, 0.1) is 5.92 Å². The first-order valence-corrected chi connectivity index (χ1v) is 10.1. The first-order chi connectivity index (χ1) is 14.0. The van der Waals surface area contributed by atoms with E-state index in [1.807, 2.05) is 32.9 Å². The molecule has 0 aliphatic heterocycles. The SMILES string of the molecule is C=CCC(CC)(OC(=O)c1ccccc1)C(CC)C(C)OC(=O)c1ccccc1. The van der Waals surface area contributed by atoms with E-state index < -0.39 is 11.7 Å². The molecule has 0 N–H and O–H groups in total. The monoisotopic (exact) mass is 394 g/mol. The van der Waals surface area contributed by atoms with Crippen LogP contribution in [0.1, 0.15) is 60.7 Å². The highest BCUT2D eigenvalue weighted by atomic mass is 16.6. The summed E-state index contributed by atoms with van der Waals surface area (Å²) in [5, 5.41) is 0. The zero-order valence-electron chi connectivity index (χ0n) is 17.5. The van der Waals surface area contributed by atoms with E-state index in [0.717, 1.165) is 0 Å². The van der Waals surface area contributed by atoms with Gasteiger partial charge in [-0.3, -0.25) is 0 Å². The normalized spacial score (nSPS) is 14.9. The molecular formula is C25H30O4. The third-order valence-electron chi connectivity index (χ3n) is 5.38. The van der Waals surface area contributed by atoms with Crippen LogP contribution in [0.15, 0.2) is 73.3 Å². The molecule has 2 aromatic carbocycles. The maximum absolute atomic E-state index is 12.8. The van der Waals surface area contributed by atoms with E-state index in [-0.39, 0.29) is 17.9 Å². The second kappa shape index (κ2) is 10.6. The third kappa shape index (κ3) is 5.57. The van der Waals surface area contributed by atoms with Crippen molar-refractivity contribution in [3.05, 3.63) is 84.4 Å². The molecule has 4 nitrogen and oxygen atoms in total. The van der Waals surface area contributed by atoms with Crippen LogP contribution in [-0.2, 0) is 9.47 Å². The number of ether oxygens (including phenoxy) is 2. The maximum Gasteiger partial charge on any atom is 0.338 e. The predicted molar refractivity (Wildman–Crippen MR) is 115 cm³/mol. The van der Waals surface area contributed by atoms with E-state index in [1.54, 1.807) is 54.6 Å². The smallest absolute Gasteiger partial charge is 0.338 e. The molecule has 154 valence electrons. The maximum atomic E-state index is 12.8. The molecule has 0 radical (unpaired) electrons. The summed E-state index contributed by atoms with van der Waals surface area (Å²) in [6.45, 7) is 9.72. The van der Waals surface area contributed by atoms with E-state index in [1.165, 1.54) is 0 Å². The summed E-state index contributed by atoms with van der Waals surface area (Å²) in [6, 6.07) is 17.8. The van der Waals surface area contributed by atoms with Crippen molar-refractivity contribution in [2.45, 2.75) is 51.7 Å². The molecule has 0 aliphatic carbocycles. The van der Waals surface area contributed by atoms with Gasteiger partial charge in [-0.2, -0.15) is 0 Å². The Morgan fingerprint density at radius 3 is 1.93 bits per heavy atom. The van der Waals surface area contributed by atoms with Gasteiger partial charge in [-0.25, -0.2) is 9.59 Å². The van der Waals surface area contributed by atoms with Crippen molar-refractivity contribution in [1.29, 1.82) is 0 Å². The number of hydrogen-bond acceptors (Lipinski definition) is 4. The predicted octanol–water partition coefficient (Wildman–Crippen LogP) is 5.84. The third-order valence-corrected chi connectivity index (χ3v) is 5.38. The van der Waals surface area contributed by atoms with Crippen LogP contribution in [0.25, 0.3) is 0 Å². The van der Waals surface area contributed by atoms with Gasteiger partial charge in [0.25, 0.3) is 0 Å². The number of carbonyl (C=O) groups is 2. The summed E-state index contributed by atoms with van der Waals surface area (Å²) in [5.74, 6) is -0.935. The highest BCUT2D eigenvalue weighted by Gasteiger charge is 2.43. The van der Waals surface area contributed by atoms with E-state index in [2.05, 4.69) is 6.58 Å². The van der Waals surface area contributed by atoms with Gasteiger partial charge in [0.05, 0.1) is 11.1 Å². The Hall–Kier alpha value is -2.88. The Kier molecular flexibility index (Phi) is 8.20. The molecule has 0 bridgehead atoms. The molecule has 29 heavy (non-hydrogen) atoms. The van der Waals surface area contributed by atoms with Gasteiger partial charge in [0.15, 0.2) is 0 Å². The zero-order chi connectivity index (χ0) is 21.3. The summed E-state index contributed by atoms with van der Waals surface area (Å²) >= 11 is 0. The molecule has 2 rings (SSSR count). The van der Waals surface area contributed by atoms with Crippen molar-refractivity contribution in [3.63, 3.8) is 0 Å². The summed E-state index contributed by atoms with van der Waals surface area (Å²) in [4.78, 5) is 25.4. The minimum absolute atomic E-state index is 0.175. The second-order valence-corrected chi connectivity index (χ2v) is 7.16. The molecule has 0 spiro atoms. The van der Waals surface area contributed by atoms with Crippen molar-refractivity contribution < 1.29 is 19.1 Å². The summed E-state index contributed by atoms with van der Waals surface area (Å²) in [5.41, 5.74) is 0.194. The minimum Gasteiger partial charge on any atom is -0.459 e. The molecular weight excluding hydrogens is 364 g/mol. The van der Waals surface area contributed by atoms with Gasteiger partial charge < -0.3 is 9.47 Å². The van der Waals surface area contributed by atoms with Crippen molar-refractivity contribution >= 4 is 11.9 Å². The van der Waals surface area contributed by atoms with Gasteiger partial charge in [-0.05, 0) is 44.0 Å². The molecule has 0 fully saturated rings. The van der Waals surface area contributed by atoms with E-state index in [4.69, 9.17) is 9.47 Å². The van der Waals surface area contributed by atoms with Crippen LogP contribution in [0.4, 0.5) is 0 Å². The van der Waals surface area contributed by atoms with Crippen molar-refractivity contribution in [2.24, 2.45) is 5.92 Å². The molecule has 2 aromatic rings. The zero-order valence-corrected chi connectivity index (χ0v) is 17.5. The number of carbonyl (C=O) groups excluding carboxylic acids is 2. The van der Waals surface area contributed by atoms with Crippen molar-refractivity contribution in [2.75, 3.05) is 0 Å². The molecule has 0 saturated carbocycles. The van der Waals surface area contributed by atoms with E-state index in [9.17, 15) is 9.59 Å². The Bertz CT molecular complexity index is 800. The molecule has 0 amide bonds. The quantitative estimate of drug-likeness (QED) is 0.375. The molecule has 0 aliphatic rings. The Balaban J connectivity index is 2.25. The minimum atomic E-state index is -0.806. The Labute approximate surface area is 173 Å². The molecule has 4 heteroatoms. The van der Waals surface area contributed by atoms with Gasteiger partial charge >= 0.3 is 11.9 Å². The topological polar surface area (TPSA) is 52.6 Å². The highest BCUT2D eigenvalue weighted by Crippen LogP contribution is 2.37. The molecule has 3 unspecified atom stereocenters. The van der Waals surface area contributed by atoms with Crippen LogP contribution in [-0.4, -0.2) is 23.6 Å². The first kappa shape index (κ1) is 22.4. The lowest BCUT2D eigenvalue weighted by molar-refractivity contribution is -0.0892. The van der Waals surface area contributed by atoms with Crippen LogP contribution < -0.4 is 0 Å². The summed E-state index contributed by atoms with van der Waals surface area (Å²) in [6.07, 6.45) is 3.08. The highest BCUT2D eigenvalue weighted by molar-refractivity contribution is 5.90.